The number of nitrogens with zero attached hydrogens (tertiary/aromatic N) is 3. The van der Waals surface area contributed by atoms with Crippen LogP contribution in [0.5, 0.6) is 0 Å². The van der Waals surface area contributed by atoms with Gasteiger partial charge >= 0.3 is 0 Å². The molecular weight excluding hydrogens is 296 g/mol. The summed E-state index contributed by atoms with van der Waals surface area (Å²) in [6.07, 6.45) is 1.96. The number of hydrogen-bond donors (Lipinski definition) is 1. The van der Waals surface area contributed by atoms with E-state index in [0.717, 1.165) is 37.9 Å². The van der Waals surface area contributed by atoms with Crippen molar-refractivity contribution in [1.82, 2.24) is 15.4 Å². The van der Waals surface area contributed by atoms with Gasteiger partial charge in [0.15, 0.2) is 0 Å². The maximum Gasteiger partial charge on any atom is 0.108 e. The number of ether oxygens (including phenoxy) is 1. The van der Waals surface area contributed by atoms with Gasteiger partial charge in [-0.05, 0) is 17.7 Å². The Morgan fingerprint density at radius 1 is 1.23 bits per heavy atom. The SMILES string of the molecule is CN(C)c1ccc(-c2cnc(CNN3CCOCC3)s2)cc1. The third kappa shape index (κ3) is 3.84. The van der Waals surface area contributed by atoms with Gasteiger partial charge in [0.2, 0.25) is 0 Å². The molecule has 3 rings (SSSR count). The van der Waals surface area contributed by atoms with Crippen molar-refractivity contribution in [3.63, 3.8) is 0 Å². The van der Waals surface area contributed by atoms with Gasteiger partial charge in [0.05, 0.1) is 24.6 Å². The fourth-order valence-electron chi connectivity index (χ4n) is 2.35. The average Bonchev–Trinajstić information content (AvgIpc) is 3.03. The molecule has 118 valence electrons. The number of benzene rings is 1. The van der Waals surface area contributed by atoms with E-state index in [1.54, 1.807) is 11.3 Å². The smallest absolute Gasteiger partial charge is 0.108 e. The Balaban J connectivity index is 1.60. The Labute approximate surface area is 135 Å². The second kappa shape index (κ2) is 7.19. The Morgan fingerprint density at radius 3 is 2.64 bits per heavy atom. The molecule has 1 fully saturated rings. The summed E-state index contributed by atoms with van der Waals surface area (Å²) in [5.74, 6) is 0. The number of hydrazine groups is 1. The lowest BCUT2D eigenvalue weighted by Crippen LogP contribution is -2.45. The minimum absolute atomic E-state index is 0.778. The van der Waals surface area contributed by atoms with E-state index < -0.39 is 0 Å². The number of thiazole rings is 1. The van der Waals surface area contributed by atoms with Crippen LogP contribution in [0.3, 0.4) is 0 Å². The monoisotopic (exact) mass is 318 g/mol. The van der Waals surface area contributed by atoms with Crippen molar-refractivity contribution < 1.29 is 4.74 Å². The van der Waals surface area contributed by atoms with Crippen LogP contribution in [0.1, 0.15) is 5.01 Å². The van der Waals surface area contributed by atoms with Crippen LogP contribution in [-0.4, -0.2) is 50.4 Å². The highest BCUT2D eigenvalue weighted by atomic mass is 32.1. The van der Waals surface area contributed by atoms with Gasteiger partial charge < -0.3 is 9.64 Å². The largest absolute Gasteiger partial charge is 0.379 e. The molecule has 1 aromatic heterocycles. The first kappa shape index (κ1) is 15.4. The molecule has 1 aliphatic heterocycles. The van der Waals surface area contributed by atoms with E-state index in [2.05, 4.69) is 58.7 Å². The maximum atomic E-state index is 5.34. The van der Waals surface area contributed by atoms with Crippen molar-refractivity contribution in [2.45, 2.75) is 6.54 Å². The Hall–Kier alpha value is -1.47. The molecule has 0 radical (unpaired) electrons. The minimum atomic E-state index is 0.778. The zero-order valence-corrected chi connectivity index (χ0v) is 13.9. The molecule has 1 aliphatic rings. The van der Waals surface area contributed by atoms with E-state index in [-0.39, 0.29) is 0 Å². The molecule has 0 unspecified atom stereocenters. The molecule has 0 spiro atoms. The third-order valence-corrected chi connectivity index (χ3v) is 4.73. The molecule has 0 aliphatic carbocycles. The molecule has 1 aromatic carbocycles. The molecule has 0 amide bonds. The Bertz CT molecular complexity index is 590. The molecule has 0 saturated carbocycles. The van der Waals surface area contributed by atoms with Crippen molar-refractivity contribution in [2.75, 3.05) is 45.3 Å². The molecule has 1 N–H and O–H groups in total. The number of aromatic nitrogens is 1. The van der Waals surface area contributed by atoms with Crippen LogP contribution >= 0.6 is 11.3 Å². The van der Waals surface area contributed by atoms with Crippen LogP contribution in [0, 0.1) is 0 Å². The van der Waals surface area contributed by atoms with Crippen LogP contribution in [0.4, 0.5) is 5.69 Å². The summed E-state index contributed by atoms with van der Waals surface area (Å²) in [5.41, 5.74) is 5.85. The van der Waals surface area contributed by atoms with Gasteiger partial charge in [-0.1, -0.05) is 12.1 Å². The third-order valence-electron chi connectivity index (χ3n) is 3.69. The number of hydrogen-bond acceptors (Lipinski definition) is 6. The minimum Gasteiger partial charge on any atom is -0.379 e. The zero-order chi connectivity index (χ0) is 15.4. The highest BCUT2D eigenvalue weighted by molar-refractivity contribution is 7.15. The first-order valence-corrected chi connectivity index (χ1v) is 8.33. The van der Waals surface area contributed by atoms with E-state index in [9.17, 15) is 0 Å². The van der Waals surface area contributed by atoms with Gasteiger partial charge in [-0.25, -0.2) is 15.4 Å². The van der Waals surface area contributed by atoms with Gasteiger partial charge in [0.1, 0.15) is 5.01 Å². The zero-order valence-electron chi connectivity index (χ0n) is 13.1. The predicted molar refractivity (Wildman–Crippen MR) is 91.1 cm³/mol. The van der Waals surface area contributed by atoms with Crippen molar-refractivity contribution in [3.05, 3.63) is 35.5 Å². The average molecular weight is 318 g/mol. The number of rotatable bonds is 5. The summed E-state index contributed by atoms with van der Waals surface area (Å²) < 4.78 is 5.34. The van der Waals surface area contributed by atoms with Gasteiger partial charge in [-0.3, -0.25) is 0 Å². The second-order valence-corrected chi connectivity index (χ2v) is 6.61. The molecule has 1 saturated heterocycles. The van der Waals surface area contributed by atoms with Crippen LogP contribution < -0.4 is 10.3 Å². The molecular formula is C16H22N4OS. The van der Waals surface area contributed by atoms with Crippen molar-refractivity contribution in [1.29, 1.82) is 0 Å². The standard InChI is InChI=1S/C16H22N4OS/c1-19(2)14-5-3-13(4-6-14)15-11-17-16(22-15)12-18-20-7-9-21-10-8-20/h3-6,11,18H,7-10,12H2,1-2H3. The summed E-state index contributed by atoms with van der Waals surface area (Å²) in [5, 5.41) is 3.31. The van der Waals surface area contributed by atoms with Gasteiger partial charge in [0, 0.05) is 39.1 Å². The number of nitrogens with one attached hydrogen (secondary N) is 1. The van der Waals surface area contributed by atoms with Crippen molar-refractivity contribution in [3.8, 4) is 10.4 Å². The summed E-state index contributed by atoms with van der Waals surface area (Å²) in [4.78, 5) is 7.84. The van der Waals surface area contributed by atoms with E-state index >= 15 is 0 Å². The fourth-order valence-corrected chi connectivity index (χ4v) is 3.21. The van der Waals surface area contributed by atoms with Crippen LogP contribution in [-0.2, 0) is 11.3 Å². The maximum absolute atomic E-state index is 5.34. The van der Waals surface area contributed by atoms with Gasteiger partial charge in [-0.2, -0.15) is 0 Å². The number of morpholine rings is 1. The molecule has 2 heterocycles. The first-order valence-electron chi connectivity index (χ1n) is 7.51. The lowest BCUT2D eigenvalue weighted by molar-refractivity contribution is 0.0105. The van der Waals surface area contributed by atoms with E-state index in [4.69, 9.17) is 4.74 Å². The highest BCUT2D eigenvalue weighted by Gasteiger charge is 2.11. The van der Waals surface area contributed by atoms with Gasteiger partial charge in [0.25, 0.3) is 0 Å². The summed E-state index contributed by atoms with van der Waals surface area (Å²) in [6.45, 7) is 4.25. The van der Waals surface area contributed by atoms with Crippen LogP contribution in [0.25, 0.3) is 10.4 Å². The molecule has 22 heavy (non-hydrogen) atoms. The Morgan fingerprint density at radius 2 is 1.95 bits per heavy atom. The summed E-state index contributed by atoms with van der Waals surface area (Å²) >= 11 is 1.74. The number of anilines is 1. The topological polar surface area (TPSA) is 40.6 Å². The lowest BCUT2D eigenvalue weighted by Gasteiger charge is -2.26. The quantitative estimate of drug-likeness (QED) is 0.915. The highest BCUT2D eigenvalue weighted by Crippen LogP contribution is 2.27. The van der Waals surface area contributed by atoms with Gasteiger partial charge in [-0.15, -0.1) is 11.3 Å². The molecule has 6 heteroatoms. The first-order chi connectivity index (χ1) is 10.7. The van der Waals surface area contributed by atoms with Crippen molar-refractivity contribution in [2.24, 2.45) is 0 Å². The second-order valence-electron chi connectivity index (χ2n) is 5.49. The normalized spacial score (nSPS) is 15.9. The van der Waals surface area contributed by atoms with Crippen molar-refractivity contribution >= 4 is 17.0 Å². The summed E-state index contributed by atoms with van der Waals surface area (Å²) in [7, 11) is 4.11. The molecule has 0 bridgehead atoms. The molecule has 5 nitrogen and oxygen atoms in total. The Kier molecular flexibility index (Phi) is 5.04. The predicted octanol–water partition coefficient (Wildman–Crippen LogP) is 2.21. The van der Waals surface area contributed by atoms with Crippen LogP contribution in [0.15, 0.2) is 30.5 Å². The fraction of sp³-hybridized carbons (Fsp3) is 0.438. The van der Waals surface area contributed by atoms with Crippen LogP contribution in [0.2, 0.25) is 0 Å². The lowest BCUT2D eigenvalue weighted by atomic mass is 10.2. The van der Waals surface area contributed by atoms with E-state index in [0.29, 0.717) is 0 Å². The summed E-state index contributed by atoms with van der Waals surface area (Å²) in [6, 6.07) is 8.59. The van der Waals surface area contributed by atoms with E-state index in [1.165, 1.54) is 16.1 Å². The molecule has 0 atom stereocenters. The molecule has 2 aromatic rings. The van der Waals surface area contributed by atoms with E-state index in [1.807, 2.05) is 6.20 Å².